The van der Waals surface area contributed by atoms with E-state index in [9.17, 15) is 9.90 Å². The van der Waals surface area contributed by atoms with Crippen LogP contribution in [0.3, 0.4) is 0 Å². The number of aliphatic hydroxyl groups excluding tert-OH is 1. The van der Waals surface area contributed by atoms with Gasteiger partial charge in [0.2, 0.25) is 0 Å². The molecular weight excluding hydrogens is 284 g/mol. The maximum atomic E-state index is 12.2. The largest absolute Gasteiger partial charge is 0.393 e. The number of carbonyl (C=O) groups excluding carboxylic acids is 1. The van der Waals surface area contributed by atoms with Crippen LogP contribution in [-0.2, 0) is 4.79 Å². The molecule has 8 atom stereocenters. The van der Waals surface area contributed by atoms with Gasteiger partial charge in [0.05, 0.1) is 6.10 Å². The Morgan fingerprint density at radius 1 is 1.00 bits per heavy atom. The molecule has 23 heavy (non-hydrogen) atoms. The molecule has 0 amide bonds. The molecular formula is C21H34O2. The van der Waals surface area contributed by atoms with Crippen LogP contribution in [0.15, 0.2) is 0 Å². The molecule has 0 saturated heterocycles. The summed E-state index contributed by atoms with van der Waals surface area (Å²) in [5, 5.41) is 11.2. The first-order valence-electron chi connectivity index (χ1n) is 10.1. The summed E-state index contributed by atoms with van der Waals surface area (Å²) in [4.78, 5) is 12.2. The average Bonchev–Trinajstić information content (AvgIpc) is 2.82. The van der Waals surface area contributed by atoms with Crippen LogP contribution in [0.5, 0.6) is 0 Å². The maximum absolute atomic E-state index is 12.2. The highest BCUT2D eigenvalue weighted by molar-refractivity contribution is 5.79. The van der Waals surface area contributed by atoms with Gasteiger partial charge in [-0.25, -0.2) is 0 Å². The van der Waals surface area contributed by atoms with Gasteiger partial charge in [-0.15, -0.1) is 0 Å². The Morgan fingerprint density at radius 2 is 1.78 bits per heavy atom. The highest BCUT2D eigenvalue weighted by atomic mass is 16.3. The minimum atomic E-state index is -0.188. The van der Waals surface area contributed by atoms with Gasteiger partial charge in [-0.3, -0.25) is 4.79 Å². The topological polar surface area (TPSA) is 37.3 Å². The molecule has 0 aromatic heterocycles. The third-order valence-electron chi connectivity index (χ3n) is 9.00. The predicted octanol–water partition coefficient (Wildman–Crippen LogP) is 4.60. The first-order valence-corrected chi connectivity index (χ1v) is 10.1. The van der Waals surface area contributed by atoms with Crippen LogP contribution in [0, 0.1) is 40.4 Å². The molecule has 0 bridgehead atoms. The molecule has 4 saturated carbocycles. The summed E-state index contributed by atoms with van der Waals surface area (Å²) in [6, 6.07) is 0. The van der Waals surface area contributed by atoms with Crippen LogP contribution in [0.1, 0.15) is 78.6 Å². The SMILES string of the molecule is CC(=O)[C@@H]1CC[C@@H]2[C@@H]3CC[C@H]4CCCC[C@]4(C)[C@@H]3[C@H](O)C[C@@]21C. The Kier molecular flexibility index (Phi) is 3.72. The van der Waals surface area contributed by atoms with Gasteiger partial charge in [-0.05, 0) is 86.4 Å². The molecule has 0 heterocycles. The van der Waals surface area contributed by atoms with E-state index in [1.165, 1.54) is 44.9 Å². The molecule has 0 aliphatic heterocycles. The van der Waals surface area contributed by atoms with E-state index in [4.69, 9.17) is 0 Å². The smallest absolute Gasteiger partial charge is 0.133 e. The van der Waals surface area contributed by atoms with E-state index in [1.54, 1.807) is 6.92 Å². The van der Waals surface area contributed by atoms with Crippen molar-refractivity contribution in [2.45, 2.75) is 84.7 Å². The average molecular weight is 319 g/mol. The quantitative estimate of drug-likeness (QED) is 0.767. The van der Waals surface area contributed by atoms with Crippen molar-refractivity contribution in [3.8, 4) is 0 Å². The van der Waals surface area contributed by atoms with E-state index in [0.29, 0.717) is 29.0 Å². The predicted molar refractivity (Wildman–Crippen MR) is 91.9 cm³/mol. The summed E-state index contributed by atoms with van der Waals surface area (Å²) in [5.74, 6) is 3.21. The summed E-state index contributed by atoms with van der Waals surface area (Å²) in [7, 11) is 0. The van der Waals surface area contributed by atoms with Crippen LogP contribution in [-0.4, -0.2) is 17.0 Å². The number of hydrogen-bond acceptors (Lipinski definition) is 2. The molecule has 4 fully saturated rings. The van der Waals surface area contributed by atoms with E-state index >= 15 is 0 Å². The zero-order valence-corrected chi connectivity index (χ0v) is 15.2. The van der Waals surface area contributed by atoms with Crippen LogP contribution in [0.2, 0.25) is 0 Å². The molecule has 0 aromatic carbocycles. The summed E-state index contributed by atoms with van der Waals surface area (Å²) in [6.45, 7) is 6.60. The molecule has 2 heteroatoms. The monoisotopic (exact) mass is 318 g/mol. The van der Waals surface area contributed by atoms with Crippen molar-refractivity contribution in [1.82, 2.24) is 0 Å². The minimum absolute atomic E-state index is 0.0598. The second-order valence-electron chi connectivity index (χ2n) is 9.84. The normalized spacial score (nSPS) is 55.7. The van der Waals surface area contributed by atoms with Gasteiger partial charge in [0.1, 0.15) is 5.78 Å². The molecule has 0 aromatic rings. The number of rotatable bonds is 1. The summed E-state index contributed by atoms with van der Waals surface area (Å²) in [6.07, 6.45) is 11.1. The fraction of sp³-hybridized carbons (Fsp3) is 0.952. The first-order chi connectivity index (χ1) is 10.9. The van der Waals surface area contributed by atoms with E-state index in [-0.39, 0.29) is 17.4 Å². The van der Waals surface area contributed by atoms with E-state index in [0.717, 1.165) is 18.8 Å². The molecule has 0 unspecified atom stereocenters. The lowest BCUT2D eigenvalue weighted by atomic mass is 9.44. The lowest BCUT2D eigenvalue weighted by Crippen LogP contribution is -2.58. The molecule has 2 nitrogen and oxygen atoms in total. The van der Waals surface area contributed by atoms with Crippen molar-refractivity contribution in [2.75, 3.05) is 0 Å². The fourth-order valence-corrected chi connectivity index (χ4v) is 8.09. The molecule has 130 valence electrons. The number of carbonyl (C=O) groups is 1. The van der Waals surface area contributed by atoms with Crippen LogP contribution >= 0.6 is 0 Å². The van der Waals surface area contributed by atoms with Crippen molar-refractivity contribution >= 4 is 5.78 Å². The van der Waals surface area contributed by atoms with E-state index in [1.807, 2.05) is 0 Å². The number of ketones is 1. The number of hydrogen-bond donors (Lipinski definition) is 1. The third-order valence-corrected chi connectivity index (χ3v) is 9.00. The maximum Gasteiger partial charge on any atom is 0.133 e. The summed E-state index contributed by atoms with van der Waals surface area (Å²) >= 11 is 0. The second-order valence-corrected chi connectivity index (χ2v) is 9.84. The van der Waals surface area contributed by atoms with Gasteiger partial charge in [0, 0.05) is 5.92 Å². The highest BCUT2D eigenvalue weighted by Crippen LogP contribution is 2.67. The van der Waals surface area contributed by atoms with Gasteiger partial charge in [0.15, 0.2) is 0 Å². The van der Waals surface area contributed by atoms with Crippen molar-refractivity contribution < 1.29 is 9.90 Å². The highest BCUT2D eigenvalue weighted by Gasteiger charge is 2.63. The Bertz CT molecular complexity index is 500. The molecule has 4 rings (SSSR count). The summed E-state index contributed by atoms with van der Waals surface area (Å²) < 4.78 is 0. The number of Topliss-reactive ketones (excluding diaryl/α,β-unsaturated/α-hetero) is 1. The first kappa shape index (κ1) is 16.1. The van der Waals surface area contributed by atoms with E-state index in [2.05, 4.69) is 13.8 Å². The Balaban J connectivity index is 1.69. The minimum Gasteiger partial charge on any atom is -0.393 e. The molecule has 4 aliphatic carbocycles. The zero-order valence-electron chi connectivity index (χ0n) is 15.2. The number of aliphatic hydroxyl groups is 1. The lowest BCUT2D eigenvalue weighted by Gasteiger charge is -2.62. The Labute approximate surface area is 141 Å². The van der Waals surface area contributed by atoms with Gasteiger partial charge < -0.3 is 5.11 Å². The second kappa shape index (κ2) is 5.31. The van der Waals surface area contributed by atoms with E-state index < -0.39 is 0 Å². The van der Waals surface area contributed by atoms with Gasteiger partial charge in [-0.1, -0.05) is 26.7 Å². The zero-order chi connectivity index (χ0) is 16.4. The van der Waals surface area contributed by atoms with Crippen LogP contribution < -0.4 is 0 Å². The van der Waals surface area contributed by atoms with Gasteiger partial charge >= 0.3 is 0 Å². The van der Waals surface area contributed by atoms with Crippen LogP contribution in [0.4, 0.5) is 0 Å². The standard InChI is InChI=1S/C21H34O2/c1-13(22)16-9-10-17-15-8-7-14-6-4-5-11-20(14,2)19(15)18(23)12-21(16,17)3/h14-19,23H,4-12H2,1-3H3/t14-,15+,16+,17-,18-,19+,20+,21-/m1/s1. The van der Waals surface area contributed by atoms with Crippen molar-refractivity contribution in [3.63, 3.8) is 0 Å². The van der Waals surface area contributed by atoms with Gasteiger partial charge in [0.25, 0.3) is 0 Å². The third kappa shape index (κ3) is 2.12. The number of fused-ring (bicyclic) bond motifs is 5. The van der Waals surface area contributed by atoms with Gasteiger partial charge in [-0.2, -0.15) is 0 Å². The van der Waals surface area contributed by atoms with Crippen molar-refractivity contribution in [1.29, 1.82) is 0 Å². The summed E-state index contributed by atoms with van der Waals surface area (Å²) in [5.41, 5.74) is 0.417. The van der Waals surface area contributed by atoms with Crippen LogP contribution in [0.25, 0.3) is 0 Å². The molecule has 0 spiro atoms. The molecule has 1 N–H and O–H groups in total. The van der Waals surface area contributed by atoms with Crippen molar-refractivity contribution in [2.24, 2.45) is 40.4 Å². The molecule has 0 radical (unpaired) electrons. The Morgan fingerprint density at radius 3 is 2.52 bits per heavy atom. The Hall–Kier alpha value is -0.370. The lowest BCUT2D eigenvalue weighted by molar-refractivity contribution is -0.170. The fourth-order valence-electron chi connectivity index (χ4n) is 8.09. The molecule has 4 aliphatic rings. The van der Waals surface area contributed by atoms with Crippen molar-refractivity contribution in [3.05, 3.63) is 0 Å².